The number of aromatic amines is 1. The Labute approximate surface area is 152 Å². The second kappa shape index (κ2) is 5.80. The first-order chi connectivity index (χ1) is 13.2. The maximum absolute atomic E-state index is 11.2. The van der Waals surface area contributed by atoms with Crippen molar-refractivity contribution in [2.24, 2.45) is 7.05 Å². The molecule has 8 heteroatoms. The van der Waals surface area contributed by atoms with E-state index in [0.717, 1.165) is 33.4 Å². The van der Waals surface area contributed by atoms with Crippen LogP contribution in [0.3, 0.4) is 0 Å². The van der Waals surface area contributed by atoms with E-state index in [-0.39, 0.29) is 0 Å². The summed E-state index contributed by atoms with van der Waals surface area (Å²) < 4.78 is 8.45. The van der Waals surface area contributed by atoms with Crippen LogP contribution in [0.15, 0.2) is 70.5 Å². The molecule has 5 rings (SSSR count). The van der Waals surface area contributed by atoms with E-state index in [4.69, 9.17) is 0 Å². The molecule has 1 N–H and O–H groups in total. The minimum Gasteiger partial charge on any atom is -0.321 e. The SMILES string of the molecule is Cn1cc(-c2cccc(-n3cnc4ccc(-c5nc(=O)o[nH]5)cc43)c2)cn1. The van der Waals surface area contributed by atoms with Gasteiger partial charge in [0.2, 0.25) is 0 Å². The summed E-state index contributed by atoms with van der Waals surface area (Å²) in [4.78, 5) is 19.5. The van der Waals surface area contributed by atoms with Crippen LogP contribution in [0.25, 0.3) is 39.2 Å². The van der Waals surface area contributed by atoms with Crippen molar-refractivity contribution < 1.29 is 4.52 Å². The molecule has 5 aromatic rings. The highest BCUT2D eigenvalue weighted by Crippen LogP contribution is 2.26. The smallest absolute Gasteiger partial charge is 0.321 e. The number of benzene rings is 2. The number of nitrogens with zero attached hydrogens (tertiary/aromatic N) is 5. The molecule has 27 heavy (non-hydrogen) atoms. The number of hydrogen-bond donors (Lipinski definition) is 1. The highest BCUT2D eigenvalue weighted by Gasteiger charge is 2.10. The van der Waals surface area contributed by atoms with Gasteiger partial charge in [0.05, 0.1) is 17.2 Å². The third kappa shape index (κ3) is 2.63. The van der Waals surface area contributed by atoms with E-state index in [2.05, 4.69) is 30.8 Å². The molecule has 0 amide bonds. The molecule has 0 aliphatic rings. The molecule has 0 bridgehead atoms. The fraction of sp³-hybridized carbons (Fsp3) is 0.0526. The van der Waals surface area contributed by atoms with Gasteiger partial charge in [0.15, 0.2) is 5.82 Å². The highest BCUT2D eigenvalue weighted by atomic mass is 16.5. The maximum atomic E-state index is 11.2. The number of imidazole rings is 1. The second-order valence-electron chi connectivity index (χ2n) is 6.20. The fourth-order valence-corrected chi connectivity index (χ4v) is 3.12. The number of nitrogens with one attached hydrogen (secondary N) is 1. The predicted octanol–water partition coefficient (Wildman–Crippen LogP) is 2.77. The lowest BCUT2D eigenvalue weighted by Crippen LogP contribution is -1.95. The molecule has 0 fully saturated rings. The molecule has 0 radical (unpaired) electrons. The van der Waals surface area contributed by atoms with Crippen LogP contribution in [0.2, 0.25) is 0 Å². The van der Waals surface area contributed by atoms with Crippen molar-refractivity contribution in [1.29, 1.82) is 0 Å². The Hall–Kier alpha value is -3.94. The normalized spacial score (nSPS) is 11.3. The van der Waals surface area contributed by atoms with Gasteiger partial charge in [-0.1, -0.05) is 12.1 Å². The lowest BCUT2D eigenvalue weighted by molar-refractivity contribution is 0.388. The van der Waals surface area contributed by atoms with Gasteiger partial charge in [0.25, 0.3) is 0 Å². The lowest BCUT2D eigenvalue weighted by Gasteiger charge is -2.07. The van der Waals surface area contributed by atoms with Crippen molar-refractivity contribution in [2.45, 2.75) is 0 Å². The van der Waals surface area contributed by atoms with Crippen LogP contribution in [0, 0.1) is 0 Å². The summed E-state index contributed by atoms with van der Waals surface area (Å²) in [5, 5.41) is 6.77. The Bertz CT molecular complexity index is 1320. The van der Waals surface area contributed by atoms with E-state index in [1.165, 1.54) is 0 Å². The summed E-state index contributed by atoms with van der Waals surface area (Å²) in [5.74, 6) is -0.262. The molecule has 2 aromatic carbocycles. The van der Waals surface area contributed by atoms with Crippen LogP contribution in [0.1, 0.15) is 0 Å². The molecule has 0 atom stereocenters. The average molecular weight is 358 g/mol. The highest BCUT2D eigenvalue weighted by molar-refractivity contribution is 5.82. The Morgan fingerprint density at radius 2 is 2.00 bits per heavy atom. The first-order valence-corrected chi connectivity index (χ1v) is 8.30. The van der Waals surface area contributed by atoms with E-state index >= 15 is 0 Å². The first-order valence-electron chi connectivity index (χ1n) is 8.30. The molecule has 3 aromatic heterocycles. The lowest BCUT2D eigenvalue weighted by atomic mass is 10.1. The maximum Gasteiger partial charge on any atom is 0.460 e. The average Bonchev–Trinajstić information content (AvgIpc) is 3.41. The van der Waals surface area contributed by atoms with Crippen LogP contribution in [-0.4, -0.2) is 29.5 Å². The third-order valence-electron chi connectivity index (χ3n) is 4.42. The number of rotatable bonds is 3. The van der Waals surface area contributed by atoms with Gasteiger partial charge in [-0.2, -0.15) is 15.2 Å². The standard InChI is InChI=1S/C19H14N6O2/c1-24-10-14(9-21-24)12-3-2-4-15(7-12)25-11-20-16-6-5-13(8-17(16)25)18-22-19(26)27-23-18/h2-11H,1H3,(H,22,23,26). The van der Waals surface area contributed by atoms with Gasteiger partial charge in [-0.25, -0.2) is 9.78 Å². The van der Waals surface area contributed by atoms with E-state index in [1.807, 2.05) is 60.4 Å². The van der Waals surface area contributed by atoms with Gasteiger partial charge < -0.3 is 4.52 Å². The molecule has 0 saturated carbocycles. The number of hydrogen-bond acceptors (Lipinski definition) is 5. The monoisotopic (exact) mass is 358 g/mol. The quantitative estimate of drug-likeness (QED) is 0.535. The summed E-state index contributed by atoms with van der Waals surface area (Å²) in [6, 6.07) is 13.8. The molecule has 0 aliphatic carbocycles. The summed E-state index contributed by atoms with van der Waals surface area (Å²) in [6.45, 7) is 0. The zero-order valence-corrected chi connectivity index (χ0v) is 14.3. The summed E-state index contributed by atoms with van der Waals surface area (Å²) >= 11 is 0. The van der Waals surface area contributed by atoms with Crippen molar-refractivity contribution in [2.75, 3.05) is 0 Å². The summed E-state index contributed by atoms with van der Waals surface area (Å²) in [5.41, 5.74) is 5.59. The molecular weight excluding hydrogens is 344 g/mol. The predicted molar refractivity (Wildman–Crippen MR) is 99.4 cm³/mol. The summed E-state index contributed by atoms with van der Waals surface area (Å²) in [6.07, 6.45) is 5.59. The Kier molecular flexibility index (Phi) is 3.29. The van der Waals surface area contributed by atoms with Crippen LogP contribution >= 0.6 is 0 Å². The van der Waals surface area contributed by atoms with Gasteiger partial charge >= 0.3 is 5.76 Å². The largest absolute Gasteiger partial charge is 0.460 e. The van der Waals surface area contributed by atoms with Crippen LogP contribution in [-0.2, 0) is 7.05 Å². The van der Waals surface area contributed by atoms with Crippen molar-refractivity contribution in [3.8, 4) is 28.2 Å². The molecular formula is C19H14N6O2. The van der Waals surface area contributed by atoms with Crippen molar-refractivity contribution in [3.63, 3.8) is 0 Å². The molecule has 0 saturated heterocycles. The van der Waals surface area contributed by atoms with Crippen molar-refractivity contribution >= 4 is 11.0 Å². The van der Waals surface area contributed by atoms with Gasteiger partial charge in [0.1, 0.15) is 6.33 Å². The van der Waals surface area contributed by atoms with Gasteiger partial charge in [0, 0.05) is 30.1 Å². The second-order valence-corrected chi connectivity index (χ2v) is 6.20. The minimum atomic E-state index is -0.650. The summed E-state index contributed by atoms with van der Waals surface area (Å²) in [7, 11) is 1.90. The zero-order chi connectivity index (χ0) is 18.4. The Morgan fingerprint density at radius 1 is 1.07 bits per heavy atom. The van der Waals surface area contributed by atoms with Crippen molar-refractivity contribution in [1.82, 2.24) is 29.5 Å². The van der Waals surface area contributed by atoms with Gasteiger partial charge in [-0.05, 0) is 35.9 Å². The van der Waals surface area contributed by atoms with Crippen LogP contribution < -0.4 is 5.76 Å². The molecule has 0 aliphatic heterocycles. The Morgan fingerprint density at radius 3 is 2.78 bits per heavy atom. The van der Waals surface area contributed by atoms with Crippen LogP contribution in [0.4, 0.5) is 0 Å². The van der Waals surface area contributed by atoms with E-state index in [1.54, 1.807) is 11.0 Å². The van der Waals surface area contributed by atoms with Gasteiger partial charge in [-0.15, -0.1) is 0 Å². The fourth-order valence-electron chi connectivity index (χ4n) is 3.12. The Balaban J connectivity index is 1.64. The number of H-pyrrole nitrogens is 1. The van der Waals surface area contributed by atoms with E-state index in [9.17, 15) is 4.79 Å². The molecule has 8 nitrogen and oxygen atoms in total. The molecule has 0 unspecified atom stereocenters. The molecule has 0 spiro atoms. The molecule has 132 valence electrons. The molecule has 3 heterocycles. The number of aryl methyl sites for hydroxylation is 1. The number of aromatic nitrogens is 6. The van der Waals surface area contributed by atoms with Gasteiger partial charge in [-0.3, -0.25) is 9.25 Å². The number of fused-ring (bicyclic) bond motifs is 1. The zero-order valence-electron chi connectivity index (χ0n) is 14.3. The van der Waals surface area contributed by atoms with E-state index in [0.29, 0.717) is 5.82 Å². The third-order valence-corrected chi connectivity index (χ3v) is 4.42. The minimum absolute atomic E-state index is 0.388. The van der Waals surface area contributed by atoms with Crippen molar-refractivity contribution in [3.05, 3.63) is 71.7 Å². The van der Waals surface area contributed by atoms with Crippen LogP contribution in [0.5, 0.6) is 0 Å². The van der Waals surface area contributed by atoms with E-state index < -0.39 is 5.76 Å². The first kappa shape index (κ1) is 15.3. The topological polar surface area (TPSA) is 94.5 Å².